The fourth-order valence-electron chi connectivity index (χ4n) is 1.72. The Morgan fingerprint density at radius 3 is 2.89 bits per heavy atom. The van der Waals surface area contributed by atoms with Gasteiger partial charge in [-0.3, -0.25) is 5.41 Å². The minimum Gasteiger partial charge on any atom is -0.384 e. The van der Waals surface area contributed by atoms with Crippen LogP contribution in [0.3, 0.4) is 0 Å². The molecule has 0 spiro atoms. The smallest absolute Gasteiger partial charge is 0.175 e. The molecule has 0 amide bonds. The summed E-state index contributed by atoms with van der Waals surface area (Å²) < 4.78 is 4.77. The first-order valence-corrected chi connectivity index (χ1v) is 7.02. The standard InChI is InChI=1S/C12H9N5S2/c13-11(14)8-5-10(18-12-15-6-16-19-12)17-9-4-2-1-3-7(8)9/h1-6H,(H3,13,14). The molecule has 3 aromatic rings. The topological polar surface area (TPSA) is 88.5 Å². The molecule has 0 saturated carbocycles. The van der Waals surface area contributed by atoms with Crippen molar-refractivity contribution in [2.45, 2.75) is 9.37 Å². The first-order valence-electron chi connectivity index (χ1n) is 5.43. The van der Waals surface area contributed by atoms with Gasteiger partial charge in [-0.1, -0.05) is 18.2 Å². The summed E-state index contributed by atoms with van der Waals surface area (Å²) in [5.41, 5.74) is 7.16. The Kier molecular flexibility index (Phi) is 3.14. The number of para-hydroxylation sites is 1. The van der Waals surface area contributed by atoms with E-state index in [0.29, 0.717) is 5.56 Å². The normalized spacial score (nSPS) is 10.7. The molecule has 0 radical (unpaired) electrons. The lowest BCUT2D eigenvalue weighted by atomic mass is 10.1. The monoisotopic (exact) mass is 287 g/mol. The van der Waals surface area contributed by atoms with Crippen LogP contribution in [0.15, 0.2) is 46.0 Å². The number of aromatic nitrogens is 3. The number of amidine groups is 1. The molecule has 3 rings (SSSR count). The summed E-state index contributed by atoms with van der Waals surface area (Å²) in [6.45, 7) is 0. The SMILES string of the molecule is N=C(N)c1cc(Sc2ncns2)nc2ccccc12. The molecule has 2 aromatic heterocycles. The summed E-state index contributed by atoms with van der Waals surface area (Å²) in [4.78, 5) is 8.65. The molecule has 0 bridgehead atoms. The Morgan fingerprint density at radius 1 is 1.32 bits per heavy atom. The molecule has 0 unspecified atom stereocenters. The molecule has 5 nitrogen and oxygen atoms in total. The van der Waals surface area contributed by atoms with E-state index in [9.17, 15) is 0 Å². The largest absolute Gasteiger partial charge is 0.384 e. The van der Waals surface area contributed by atoms with E-state index in [-0.39, 0.29) is 5.84 Å². The minimum atomic E-state index is 0.0395. The maximum Gasteiger partial charge on any atom is 0.175 e. The van der Waals surface area contributed by atoms with Crippen molar-refractivity contribution in [2.75, 3.05) is 0 Å². The van der Waals surface area contributed by atoms with Gasteiger partial charge in [-0.05, 0) is 35.4 Å². The van der Waals surface area contributed by atoms with Crippen molar-refractivity contribution >= 4 is 40.0 Å². The van der Waals surface area contributed by atoms with Gasteiger partial charge in [-0.2, -0.15) is 4.37 Å². The van der Waals surface area contributed by atoms with Crippen molar-refractivity contribution < 1.29 is 0 Å². The third kappa shape index (κ3) is 2.42. The number of hydrogen-bond donors (Lipinski definition) is 2. The molecule has 19 heavy (non-hydrogen) atoms. The molecule has 3 N–H and O–H groups in total. The highest BCUT2D eigenvalue weighted by atomic mass is 32.2. The molecular formula is C12H9N5S2. The Balaban J connectivity index is 2.13. The fraction of sp³-hybridized carbons (Fsp3) is 0. The quantitative estimate of drug-likeness (QED) is 0.571. The highest BCUT2D eigenvalue weighted by Crippen LogP contribution is 2.29. The number of hydrogen-bond acceptors (Lipinski definition) is 6. The van der Waals surface area contributed by atoms with Gasteiger partial charge in [-0.25, -0.2) is 9.97 Å². The summed E-state index contributed by atoms with van der Waals surface area (Å²) in [6.07, 6.45) is 1.51. The molecule has 7 heteroatoms. The maximum absolute atomic E-state index is 7.68. The number of nitrogens with one attached hydrogen (secondary N) is 1. The van der Waals surface area contributed by atoms with Crippen LogP contribution in [0, 0.1) is 5.41 Å². The predicted octanol–water partition coefficient (Wildman–Crippen LogP) is 2.52. The van der Waals surface area contributed by atoms with E-state index in [2.05, 4.69) is 14.3 Å². The highest BCUT2D eigenvalue weighted by molar-refractivity contribution is 8.00. The van der Waals surface area contributed by atoms with Crippen LogP contribution in [0.4, 0.5) is 0 Å². The maximum atomic E-state index is 7.68. The molecular weight excluding hydrogens is 278 g/mol. The van der Waals surface area contributed by atoms with Crippen LogP contribution >= 0.6 is 23.3 Å². The van der Waals surface area contributed by atoms with Crippen molar-refractivity contribution in [2.24, 2.45) is 5.73 Å². The van der Waals surface area contributed by atoms with E-state index < -0.39 is 0 Å². The first kappa shape index (κ1) is 12.1. The third-order valence-corrected chi connectivity index (χ3v) is 4.15. The van der Waals surface area contributed by atoms with Gasteiger partial charge < -0.3 is 5.73 Å². The van der Waals surface area contributed by atoms with Crippen molar-refractivity contribution in [3.05, 3.63) is 42.2 Å². The Bertz CT molecular complexity index is 739. The summed E-state index contributed by atoms with van der Waals surface area (Å²) in [7, 11) is 0. The fourth-order valence-corrected chi connectivity index (χ4v) is 3.14. The zero-order chi connectivity index (χ0) is 13.2. The predicted molar refractivity (Wildman–Crippen MR) is 76.8 cm³/mol. The number of fused-ring (bicyclic) bond motifs is 1. The van der Waals surface area contributed by atoms with Crippen molar-refractivity contribution in [1.82, 2.24) is 14.3 Å². The van der Waals surface area contributed by atoms with E-state index in [4.69, 9.17) is 11.1 Å². The lowest BCUT2D eigenvalue weighted by Crippen LogP contribution is -2.12. The molecule has 2 heterocycles. The summed E-state index contributed by atoms with van der Waals surface area (Å²) in [6, 6.07) is 9.47. The van der Waals surface area contributed by atoms with E-state index in [0.717, 1.165) is 20.3 Å². The van der Waals surface area contributed by atoms with Gasteiger partial charge in [0.25, 0.3) is 0 Å². The zero-order valence-electron chi connectivity index (χ0n) is 9.70. The minimum absolute atomic E-state index is 0.0395. The van der Waals surface area contributed by atoms with E-state index in [1.165, 1.54) is 29.6 Å². The van der Waals surface area contributed by atoms with Gasteiger partial charge in [0.05, 0.1) is 5.52 Å². The number of nitrogens with zero attached hydrogens (tertiary/aromatic N) is 3. The third-order valence-electron chi connectivity index (χ3n) is 2.52. The number of benzene rings is 1. The van der Waals surface area contributed by atoms with E-state index >= 15 is 0 Å². The Morgan fingerprint density at radius 2 is 2.16 bits per heavy atom. The molecule has 1 aromatic carbocycles. The summed E-state index contributed by atoms with van der Waals surface area (Å²) in [5.74, 6) is 0.0395. The average molecular weight is 287 g/mol. The molecule has 0 fully saturated rings. The number of rotatable bonds is 3. The summed E-state index contributed by atoms with van der Waals surface area (Å²) >= 11 is 2.74. The second-order valence-corrected chi connectivity index (χ2v) is 5.80. The molecule has 94 valence electrons. The Labute approximate surface area is 117 Å². The van der Waals surface area contributed by atoms with Crippen molar-refractivity contribution in [1.29, 1.82) is 5.41 Å². The van der Waals surface area contributed by atoms with E-state index in [1.807, 2.05) is 30.3 Å². The number of nitrogens with two attached hydrogens (primary N) is 1. The van der Waals surface area contributed by atoms with Crippen molar-refractivity contribution in [3.63, 3.8) is 0 Å². The highest BCUT2D eigenvalue weighted by Gasteiger charge is 2.10. The number of pyridine rings is 1. The van der Waals surface area contributed by atoms with Gasteiger partial charge in [-0.15, -0.1) is 0 Å². The van der Waals surface area contributed by atoms with Crippen LogP contribution in [0.2, 0.25) is 0 Å². The first-order chi connectivity index (χ1) is 9.24. The zero-order valence-corrected chi connectivity index (χ0v) is 11.3. The van der Waals surface area contributed by atoms with Crippen LogP contribution in [0.5, 0.6) is 0 Å². The molecule has 0 aliphatic heterocycles. The van der Waals surface area contributed by atoms with Crippen LogP contribution in [0.1, 0.15) is 5.56 Å². The van der Waals surface area contributed by atoms with Gasteiger partial charge in [0.2, 0.25) is 0 Å². The van der Waals surface area contributed by atoms with E-state index in [1.54, 1.807) is 0 Å². The average Bonchev–Trinajstić information content (AvgIpc) is 2.90. The van der Waals surface area contributed by atoms with Gasteiger partial charge >= 0.3 is 0 Å². The van der Waals surface area contributed by atoms with Gasteiger partial charge in [0.1, 0.15) is 17.2 Å². The molecule has 0 aliphatic carbocycles. The molecule has 0 atom stereocenters. The molecule has 0 saturated heterocycles. The second-order valence-electron chi connectivity index (χ2n) is 3.75. The van der Waals surface area contributed by atoms with Crippen LogP contribution in [0.25, 0.3) is 10.9 Å². The lowest BCUT2D eigenvalue weighted by Gasteiger charge is -2.06. The number of nitrogen functional groups attached to an aromatic ring is 1. The molecule has 0 aliphatic rings. The Hall–Kier alpha value is -1.99. The van der Waals surface area contributed by atoms with Crippen molar-refractivity contribution in [3.8, 4) is 0 Å². The summed E-state index contributed by atoms with van der Waals surface area (Å²) in [5, 5.41) is 9.33. The van der Waals surface area contributed by atoms with Crippen LogP contribution in [-0.4, -0.2) is 20.2 Å². The van der Waals surface area contributed by atoms with Crippen LogP contribution < -0.4 is 5.73 Å². The van der Waals surface area contributed by atoms with Crippen LogP contribution in [-0.2, 0) is 0 Å². The second kappa shape index (κ2) is 4.94. The lowest BCUT2D eigenvalue weighted by molar-refractivity contribution is 1.16. The van der Waals surface area contributed by atoms with Gasteiger partial charge in [0, 0.05) is 10.9 Å². The van der Waals surface area contributed by atoms with Gasteiger partial charge in [0.15, 0.2) is 4.34 Å².